The van der Waals surface area contributed by atoms with E-state index in [1.54, 1.807) is 26.9 Å². The van der Waals surface area contributed by atoms with Crippen molar-refractivity contribution in [1.29, 1.82) is 0 Å². The summed E-state index contributed by atoms with van der Waals surface area (Å²) in [7, 11) is -3.48. The van der Waals surface area contributed by atoms with Crippen LogP contribution in [0.3, 0.4) is 0 Å². The third-order valence-electron chi connectivity index (χ3n) is 4.62. The molecule has 10 heteroatoms. The minimum atomic E-state index is -3.48. The van der Waals surface area contributed by atoms with Crippen LogP contribution in [-0.2, 0) is 10.0 Å². The van der Waals surface area contributed by atoms with E-state index >= 15 is 0 Å². The molecule has 0 aliphatic carbocycles. The van der Waals surface area contributed by atoms with Crippen molar-refractivity contribution in [2.24, 2.45) is 0 Å². The Balaban J connectivity index is 1.53. The standard InChI is InChI=1S/C17H19N5O3S2/c1-12-10-13(2)22-16(19-12)14(11-18-22)17(23)20-5-7-21(8-6-20)27(24,25)15-4-3-9-26-15/h3-4,9-11H,5-8H2,1-2H3. The van der Waals surface area contributed by atoms with Gasteiger partial charge >= 0.3 is 0 Å². The van der Waals surface area contributed by atoms with Gasteiger partial charge in [0.25, 0.3) is 15.9 Å². The van der Waals surface area contributed by atoms with Gasteiger partial charge in [0.05, 0.1) is 6.20 Å². The number of nitrogens with zero attached hydrogens (tertiary/aromatic N) is 5. The first-order valence-corrected chi connectivity index (χ1v) is 10.8. The number of aromatic nitrogens is 3. The average molecular weight is 406 g/mol. The zero-order chi connectivity index (χ0) is 19.2. The summed E-state index contributed by atoms with van der Waals surface area (Å²) in [6, 6.07) is 5.23. The molecular weight excluding hydrogens is 386 g/mol. The second-order valence-corrected chi connectivity index (χ2v) is 9.57. The normalized spacial score (nSPS) is 16.1. The summed E-state index contributed by atoms with van der Waals surface area (Å²) >= 11 is 1.20. The Kier molecular flexibility index (Phi) is 4.49. The molecule has 3 aromatic rings. The molecule has 0 bridgehead atoms. The number of rotatable bonds is 3. The molecule has 0 radical (unpaired) electrons. The average Bonchev–Trinajstić information content (AvgIpc) is 3.31. The number of carbonyl (C=O) groups excluding carboxylic acids is 1. The van der Waals surface area contributed by atoms with Gasteiger partial charge in [-0.2, -0.15) is 9.40 Å². The van der Waals surface area contributed by atoms with Gasteiger partial charge < -0.3 is 4.90 Å². The van der Waals surface area contributed by atoms with Crippen LogP contribution in [0.1, 0.15) is 21.7 Å². The SMILES string of the molecule is Cc1cc(C)n2ncc(C(=O)N3CCN(S(=O)(=O)c4cccs4)CC3)c2n1. The second kappa shape index (κ2) is 6.70. The number of hydrogen-bond acceptors (Lipinski definition) is 6. The lowest BCUT2D eigenvalue weighted by Crippen LogP contribution is -2.50. The number of fused-ring (bicyclic) bond motifs is 1. The van der Waals surface area contributed by atoms with Crippen molar-refractivity contribution in [3.05, 3.63) is 46.7 Å². The summed E-state index contributed by atoms with van der Waals surface area (Å²) in [4.78, 5) is 19.1. The first-order chi connectivity index (χ1) is 12.9. The fourth-order valence-corrected chi connectivity index (χ4v) is 5.83. The summed E-state index contributed by atoms with van der Waals surface area (Å²) in [5.41, 5.74) is 2.70. The van der Waals surface area contributed by atoms with Crippen molar-refractivity contribution in [2.75, 3.05) is 26.2 Å². The van der Waals surface area contributed by atoms with Crippen LogP contribution in [0.2, 0.25) is 0 Å². The highest BCUT2D eigenvalue weighted by Crippen LogP contribution is 2.23. The smallest absolute Gasteiger partial charge is 0.259 e. The quantitative estimate of drug-likeness (QED) is 0.660. The van der Waals surface area contributed by atoms with Crippen LogP contribution in [0.5, 0.6) is 0 Å². The van der Waals surface area contributed by atoms with Crippen molar-refractivity contribution in [2.45, 2.75) is 18.1 Å². The zero-order valence-corrected chi connectivity index (χ0v) is 16.6. The number of piperazine rings is 1. The van der Waals surface area contributed by atoms with E-state index in [9.17, 15) is 13.2 Å². The molecule has 1 amide bonds. The van der Waals surface area contributed by atoms with Crippen LogP contribution in [-0.4, -0.2) is 64.3 Å². The van der Waals surface area contributed by atoms with Crippen molar-refractivity contribution < 1.29 is 13.2 Å². The largest absolute Gasteiger partial charge is 0.336 e. The van der Waals surface area contributed by atoms with Crippen molar-refractivity contribution >= 4 is 32.9 Å². The van der Waals surface area contributed by atoms with Gasteiger partial charge in [0.2, 0.25) is 0 Å². The fourth-order valence-electron chi connectivity index (χ4n) is 3.26. The first kappa shape index (κ1) is 18.1. The summed E-state index contributed by atoms with van der Waals surface area (Å²) in [5.74, 6) is -0.171. The fraction of sp³-hybridized carbons (Fsp3) is 0.353. The predicted octanol–water partition coefficient (Wildman–Crippen LogP) is 1.55. The zero-order valence-electron chi connectivity index (χ0n) is 15.0. The van der Waals surface area contributed by atoms with Crippen LogP contribution in [0.15, 0.2) is 34.0 Å². The molecule has 4 rings (SSSR count). The highest BCUT2D eigenvalue weighted by molar-refractivity contribution is 7.91. The van der Waals surface area contributed by atoms with Crippen LogP contribution in [0, 0.1) is 13.8 Å². The molecule has 4 heterocycles. The molecule has 0 aromatic carbocycles. The molecule has 27 heavy (non-hydrogen) atoms. The summed E-state index contributed by atoms with van der Waals surface area (Å²) < 4.78 is 28.6. The van der Waals surface area contributed by atoms with Gasteiger partial charge in [0, 0.05) is 37.6 Å². The Hall–Kier alpha value is -2.30. The van der Waals surface area contributed by atoms with Crippen LogP contribution in [0.25, 0.3) is 5.65 Å². The molecule has 0 atom stereocenters. The number of hydrogen-bond donors (Lipinski definition) is 0. The molecule has 1 aliphatic rings. The van der Waals surface area contributed by atoms with Gasteiger partial charge in [-0.15, -0.1) is 11.3 Å². The van der Waals surface area contributed by atoms with E-state index in [0.717, 1.165) is 11.4 Å². The minimum absolute atomic E-state index is 0.171. The van der Waals surface area contributed by atoms with Gasteiger partial charge in [0.1, 0.15) is 9.77 Å². The number of amides is 1. The Morgan fingerprint density at radius 3 is 2.59 bits per heavy atom. The van der Waals surface area contributed by atoms with Gasteiger partial charge in [-0.25, -0.2) is 17.9 Å². The monoisotopic (exact) mass is 405 g/mol. The Morgan fingerprint density at radius 1 is 1.19 bits per heavy atom. The maximum atomic E-state index is 12.9. The highest BCUT2D eigenvalue weighted by atomic mass is 32.2. The Morgan fingerprint density at radius 2 is 1.93 bits per heavy atom. The molecule has 0 spiro atoms. The molecule has 142 valence electrons. The second-order valence-electron chi connectivity index (χ2n) is 6.46. The van der Waals surface area contributed by atoms with E-state index in [4.69, 9.17) is 0 Å². The third-order valence-corrected chi connectivity index (χ3v) is 7.90. The lowest BCUT2D eigenvalue weighted by atomic mass is 10.2. The highest BCUT2D eigenvalue weighted by Gasteiger charge is 2.32. The van der Waals surface area contributed by atoms with Crippen LogP contribution in [0.4, 0.5) is 0 Å². The summed E-state index contributed by atoms with van der Waals surface area (Å²) in [6.45, 7) is 5.02. The molecule has 0 unspecified atom stereocenters. The number of thiophene rings is 1. The van der Waals surface area contributed by atoms with E-state index in [-0.39, 0.29) is 19.0 Å². The lowest BCUT2D eigenvalue weighted by molar-refractivity contribution is 0.0699. The maximum Gasteiger partial charge on any atom is 0.259 e. The number of carbonyl (C=O) groups is 1. The molecule has 8 nitrogen and oxygen atoms in total. The van der Waals surface area contributed by atoms with Gasteiger partial charge in [0.15, 0.2) is 5.65 Å². The van der Waals surface area contributed by atoms with Crippen molar-refractivity contribution in [1.82, 2.24) is 23.8 Å². The molecule has 3 aromatic heterocycles. The number of sulfonamides is 1. The number of aryl methyl sites for hydroxylation is 2. The topological polar surface area (TPSA) is 87.9 Å². The molecule has 1 saturated heterocycles. The third kappa shape index (κ3) is 3.13. The Labute approximate surface area is 161 Å². The van der Waals surface area contributed by atoms with Gasteiger partial charge in [-0.05, 0) is 31.4 Å². The van der Waals surface area contributed by atoms with E-state index in [1.807, 2.05) is 19.9 Å². The molecular formula is C17H19N5O3S2. The maximum absolute atomic E-state index is 12.9. The van der Waals surface area contributed by atoms with Crippen molar-refractivity contribution in [3.63, 3.8) is 0 Å². The predicted molar refractivity (Wildman–Crippen MR) is 101 cm³/mol. The van der Waals surface area contributed by atoms with E-state index in [1.165, 1.54) is 21.8 Å². The summed E-state index contributed by atoms with van der Waals surface area (Å²) in [6.07, 6.45) is 1.53. The lowest BCUT2D eigenvalue weighted by Gasteiger charge is -2.33. The van der Waals surface area contributed by atoms with Gasteiger partial charge in [-0.3, -0.25) is 4.79 Å². The Bertz CT molecular complexity index is 1100. The molecule has 1 fully saturated rings. The summed E-state index contributed by atoms with van der Waals surface area (Å²) in [5, 5.41) is 6.01. The van der Waals surface area contributed by atoms with Crippen molar-refractivity contribution in [3.8, 4) is 0 Å². The molecule has 0 saturated carbocycles. The molecule has 1 aliphatic heterocycles. The van der Waals surface area contributed by atoms with E-state index in [0.29, 0.717) is 28.5 Å². The first-order valence-electron chi connectivity index (χ1n) is 8.53. The van der Waals surface area contributed by atoms with E-state index in [2.05, 4.69) is 10.1 Å². The van der Waals surface area contributed by atoms with Crippen LogP contribution < -0.4 is 0 Å². The van der Waals surface area contributed by atoms with Gasteiger partial charge in [-0.1, -0.05) is 6.07 Å². The van der Waals surface area contributed by atoms with E-state index < -0.39 is 10.0 Å². The van der Waals surface area contributed by atoms with Crippen LogP contribution >= 0.6 is 11.3 Å². The minimum Gasteiger partial charge on any atom is -0.336 e. The molecule has 0 N–H and O–H groups in total.